The van der Waals surface area contributed by atoms with Crippen molar-refractivity contribution in [2.24, 2.45) is 0 Å². The summed E-state index contributed by atoms with van der Waals surface area (Å²) in [5, 5.41) is 2.88. The summed E-state index contributed by atoms with van der Waals surface area (Å²) in [6.45, 7) is 5.47. The van der Waals surface area contributed by atoms with Gasteiger partial charge in [-0.05, 0) is 80.4 Å². The minimum absolute atomic E-state index is 0.0328. The summed E-state index contributed by atoms with van der Waals surface area (Å²) < 4.78 is 50.4. The summed E-state index contributed by atoms with van der Waals surface area (Å²) in [5.41, 5.74) is 1.82. The molecule has 1 unspecified atom stereocenters. The molecule has 204 valence electrons. The number of nitrogens with one attached hydrogen (secondary N) is 1. The Labute approximate surface area is 224 Å². The van der Waals surface area contributed by atoms with Gasteiger partial charge in [0.25, 0.3) is 10.0 Å². The monoisotopic (exact) mass is 542 g/mol. The predicted molar refractivity (Wildman–Crippen MR) is 146 cm³/mol. The number of nitrogens with zero attached hydrogens (tertiary/aromatic N) is 1. The van der Waals surface area contributed by atoms with Crippen molar-refractivity contribution in [3.63, 3.8) is 0 Å². The van der Waals surface area contributed by atoms with Crippen LogP contribution in [0.1, 0.15) is 31.0 Å². The lowest BCUT2D eigenvalue weighted by atomic mass is 10.1. The predicted octanol–water partition coefficient (Wildman–Crippen LogP) is 4.49. The molecule has 1 amide bonds. The van der Waals surface area contributed by atoms with E-state index in [1.165, 1.54) is 20.3 Å². The highest BCUT2D eigenvalue weighted by atomic mass is 32.2. The minimum Gasteiger partial charge on any atom is -0.495 e. The van der Waals surface area contributed by atoms with Crippen molar-refractivity contribution in [1.82, 2.24) is 5.32 Å². The quantitative estimate of drug-likeness (QED) is 0.360. The SMILES string of the molecule is CCOc1ccc(N(CC(=O)NC(C)c2ccc(OC)c(OC)c2)S(=O)(=O)c2cc(C)ccc2OC)cc1. The molecule has 0 bridgehead atoms. The van der Waals surface area contributed by atoms with E-state index in [1.807, 2.05) is 13.0 Å². The maximum Gasteiger partial charge on any atom is 0.268 e. The van der Waals surface area contributed by atoms with Gasteiger partial charge in [0.05, 0.1) is 39.7 Å². The third-order valence-corrected chi connectivity index (χ3v) is 7.69. The molecule has 0 aliphatic rings. The number of carbonyl (C=O) groups excluding carboxylic acids is 1. The van der Waals surface area contributed by atoms with Gasteiger partial charge in [-0.3, -0.25) is 9.10 Å². The number of amides is 1. The molecule has 1 N–H and O–H groups in total. The zero-order valence-corrected chi connectivity index (χ0v) is 23.3. The van der Waals surface area contributed by atoms with Gasteiger partial charge in [-0.25, -0.2) is 8.42 Å². The molecule has 3 aromatic rings. The number of ether oxygens (including phenoxy) is 4. The molecule has 0 radical (unpaired) electrons. The van der Waals surface area contributed by atoms with E-state index in [1.54, 1.807) is 69.5 Å². The number of rotatable bonds is 12. The van der Waals surface area contributed by atoms with Crippen LogP contribution in [0, 0.1) is 6.92 Å². The van der Waals surface area contributed by atoms with Crippen LogP contribution in [0.15, 0.2) is 65.6 Å². The second-order valence-electron chi connectivity index (χ2n) is 8.50. The first-order valence-electron chi connectivity index (χ1n) is 12.1. The molecule has 0 saturated carbocycles. The van der Waals surface area contributed by atoms with Gasteiger partial charge in [0.15, 0.2) is 11.5 Å². The first-order chi connectivity index (χ1) is 18.1. The molecule has 38 heavy (non-hydrogen) atoms. The Morgan fingerprint density at radius 3 is 2.13 bits per heavy atom. The highest BCUT2D eigenvalue weighted by molar-refractivity contribution is 7.93. The van der Waals surface area contributed by atoms with Crippen molar-refractivity contribution in [1.29, 1.82) is 0 Å². The number of sulfonamides is 1. The second-order valence-corrected chi connectivity index (χ2v) is 10.3. The van der Waals surface area contributed by atoms with E-state index in [-0.39, 0.29) is 10.6 Å². The summed E-state index contributed by atoms with van der Waals surface area (Å²) >= 11 is 0. The fourth-order valence-corrected chi connectivity index (χ4v) is 5.58. The molecule has 3 rings (SSSR count). The summed E-state index contributed by atoms with van der Waals surface area (Å²) in [7, 11) is 0.291. The van der Waals surface area contributed by atoms with Gasteiger partial charge in [0, 0.05) is 0 Å². The lowest BCUT2D eigenvalue weighted by Crippen LogP contribution is -2.41. The fraction of sp³-hybridized carbons (Fsp3) is 0.321. The first kappa shape index (κ1) is 28.6. The van der Waals surface area contributed by atoms with Crippen LogP contribution in [0.4, 0.5) is 5.69 Å². The molecule has 0 saturated heterocycles. The van der Waals surface area contributed by atoms with E-state index in [0.717, 1.165) is 15.4 Å². The average molecular weight is 543 g/mol. The van der Waals surface area contributed by atoms with Crippen LogP contribution < -0.4 is 28.6 Å². The number of carbonyl (C=O) groups is 1. The van der Waals surface area contributed by atoms with Gasteiger partial charge in [-0.1, -0.05) is 12.1 Å². The highest BCUT2D eigenvalue weighted by Gasteiger charge is 2.30. The van der Waals surface area contributed by atoms with Crippen molar-refractivity contribution >= 4 is 21.6 Å². The summed E-state index contributed by atoms with van der Waals surface area (Å²) in [4.78, 5) is 13.2. The van der Waals surface area contributed by atoms with Crippen LogP contribution in [0.25, 0.3) is 0 Å². The van der Waals surface area contributed by atoms with E-state index in [0.29, 0.717) is 29.5 Å². The standard InChI is InChI=1S/C28H34N2O7S/c1-7-37-23-12-10-22(11-13-23)30(38(32,33)27-16-19(2)8-14-25(27)35-5)18-28(31)29-20(3)21-9-15-24(34-4)26(17-21)36-6/h8-17,20H,7,18H2,1-6H3,(H,29,31). The topological polar surface area (TPSA) is 103 Å². The van der Waals surface area contributed by atoms with Gasteiger partial charge in [0.2, 0.25) is 5.91 Å². The van der Waals surface area contributed by atoms with Gasteiger partial charge in [-0.2, -0.15) is 0 Å². The number of methoxy groups -OCH3 is 3. The molecule has 1 atom stereocenters. The maximum atomic E-state index is 13.9. The maximum absolute atomic E-state index is 13.9. The fourth-order valence-electron chi connectivity index (χ4n) is 3.92. The zero-order chi connectivity index (χ0) is 27.9. The van der Waals surface area contributed by atoms with Gasteiger partial charge >= 0.3 is 0 Å². The van der Waals surface area contributed by atoms with E-state index < -0.39 is 28.5 Å². The molecule has 0 aliphatic heterocycles. The Bertz CT molecular complexity index is 1360. The molecular weight excluding hydrogens is 508 g/mol. The van der Waals surface area contributed by atoms with Gasteiger partial charge < -0.3 is 24.3 Å². The zero-order valence-electron chi connectivity index (χ0n) is 22.5. The van der Waals surface area contributed by atoms with Crippen molar-refractivity contribution < 1.29 is 32.2 Å². The molecule has 0 spiro atoms. The molecule has 10 heteroatoms. The number of benzene rings is 3. The van der Waals surface area contributed by atoms with Crippen LogP contribution in [0.2, 0.25) is 0 Å². The second kappa shape index (κ2) is 12.6. The summed E-state index contributed by atoms with van der Waals surface area (Å²) in [6.07, 6.45) is 0. The third kappa shape index (κ3) is 6.49. The van der Waals surface area contributed by atoms with Crippen LogP contribution in [-0.4, -0.2) is 48.8 Å². The molecule has 3 aromatic carbocycles. The van der Waals surface area contributed by atoms with Crippen LogP contribution in [-0.2, 0) is 14.8 Å². The summed E-state index contributed by atoms with van der Waals surface area (Å²) in [6, 6.07) is 16.3. The van der Waals surface area contributed by atoms with Gasteiger partial charge in [-0.15, -0.1) is 0 Å². The molecular formula is C28H34N2O7S. The normalized spacial score (nSPS) is 11.8. The van der Waals surface area contributed by atoms with Crippen molar-refractivity contribution in [2.75, 3.05) is 38.8 Å². The average Bonchev–Trinajstić information content (AvgIpc) is 2.91. The van der Waals surface area contributed by atoms with E-state index in [2.05, 4.69) is 5.32 Å². The Balaban J connectivity index is 1.95. The Kier molecular flexibility index (Phi) is 9.46. The number of hydrogen-bond donors (Lipinski definition) is 1. The Morgan fingerprint density at radius 2 is 1.53 bits per heavy atom. The highest BCUT2D eigenvalue weighted by Crippen LogP contribution is 2.32. The molecule has 0 fully saturated rings. The van der Waals surface area contributed by atoms with E-state index in [4.69, 9.17) is 18.9 Å². The van der Waals surface area contributed by atoms with Crippen molar-refractivity contribution in [2.45, 2.75) is 31.7 Å². The van der Waals surface area contributed by atoms with Crippen LogP contribution >= 0.6 is 0 Å². The first-order valence-corrected chi connectivity index (χ1v) is 13.5. The number of aryl methyl sites for hydroxylation is 1. The Hall–Kier alpha value is -3.92. The minimum atomic E-state index is -4.19. The van der Waals surface area contributed by atoms with Gasteiger partial charge in [0.1, 0.15) is 22.9 Å². The number of anilines is 1. The largest absolute Gasteiger partial charge is 0.495 e. The Morgan fingerprint density at radius 1 is 0.895 bits per heavy atom. The molecule has 0 aromatic heterocycles. The smallest absolute Gasteiger partial charge is 0.268 e. The van der Waals surface area contributed by atoms with Crippen molar-refractivity contribution in [3.05, 3.63) is 71.8 Å². The van der Waals surface area contributed by atoms with E-state index >= 15 is 0 Å². The molecule has 0 heterocycles. The lowest BCUT2D eigenvalue weighted by molar-refractivity contribution is -0.120. The van der Waals surface area contributed by atoms with Crippen LogP contribution in [0.5, 0.6) is 23.0 Å². The molecule has 9 nitrogen and oxygen atoms in total. The lowest BCUT2D eigenvalue weighted by Gasteiger charge is -2.26. The molecule has 0 aliphatic carbocycles. The summed E-state index contributed by atoms with van der Waals surface area (Å²) in [5.74, 6) is 1.38. The van der Waals surface area contributed by atoms with Crippen molar-refractivity contribution in [3.8, 4) is 23.0 Å². The van der Waals surface area contributed by atoms with Crippen LogP contribution in [0.3, 0.4) is 0 Å². The van der Waals surface area contributed by atoms with E-state index in [9.17, 15) is 13.2 Å². The number of hydrogen-bond acceptors (Lipinski definition) is 7. The third-order valence-electron chi connectivity index (χ3n) is 5.90.